The van der Waals surface area contributed by atoms with Crippen molar-refractivity contribution in [3.63, 3.8) is 0 Å². The second-order valence-electron chi connectivity index (χ2n) is 16.6. The van der Waals surface area contributed by atoms with Crippen molar-refractivity contribution in [3.05, 3.63) is 89.6 Å². The summed E-state index contributed by atoms with van der Waals surface area (Å²) >= 11 is 0. The minimum atomic E-state index is -0.00334. The number of aliphatic hydroxyl groups is 1. The first-order valence-electron chi connectivity index (χ1n) is 19.1. The van der Waals surface area contributed by atoms with E-state index in [4.69, 9.17) is 15.0 Å². The van der Waals surface area contributed by atoms with Crippen molar-refractivity contribution in [3.8, 4) is 0 Å². The second kappa shape index (κ2) is 15.4. The Hall–Kier alpha value is -3.99. The number of hydrogen-bond donors (Lipinski definition) is 1. The van der Waals surface area contributed by atoms with Gasteiger partial charge in [-0.1, -0.05) is 122 Å². The van der Waals surface area contributed by atoms with Gasteiger partial charge in [-0.2, -0.15) is 0 Å². The van der Waals surface area contributed by atoms with Crippen LogP contribution in [0.15, 0.2) is 66.7 Å². The monoisotopic (exact) mass is 885 g/mol. The average Bonchev–Trinajstić information content (AvgIpc) is 3.10. The molecule has 0 spiro atoms. The number of aliphatic hydroxyl groups excluding tert-OH is 1. The van der Waals surface area contributed by atoms with Crippen LogP contribution in [0, 0.1) is 24.8 Å². The van der Waals surface area contributed by atoms with E-state index in [0.29, 0.717) is 0 Å². The van der Waals surface area contributed by atoms with Gasteiger partial charge in [0.15, 0.2) is 5.78 Å². The number of aromatic nitrogens is 3. The summed E-state index contributed by atoms with van der Waals surface area (Å²) in [5.41, 5.74) is 6.65. The summed E-state index contributed by atoms with van der Waals surface area (Å²) in [5.74, 6) is 0.547. The summed E-state index contributed by atoms with van der Waals surface area (Å²) in [6.07, 6.45) is 6.62. The Kier molecular flexibility index (Phi) is 11.7. The van der Waals surface area contributed by atoms with Crippen molar-refractivity contribution >= 4 is 70.8 Å². The molecule has 2 aromatic heterocycles. The van der Waals surface area contributed by atoms with Crippen molar-refractivity contribution in [2.75, 3.05) is 0 Å². The molecule has 279 valence electrons. The zero-order valence-electron chi connectivity index (χ0n) is 33.3. The SMILES string of the molecule is CCC(CC)C(=O)/C=C(\O)C(CC)CC.Cc1ccc2[c-]c3c(cc2n1)c1cc(C(C)(C)C)cc2c4cc(C(C)(C)C)ccc4c4ncnc3c4c12.[Ir]. The van der Waals surface area contributed by atoms with E-state index < -0.39 is 0 Å². The van der Waals surface area contributed by atoms with E-state index in [2.05, 4.69) is 96.1 Å². The van der Waals surface area contributed by atoms with Crippen molar-refractivity contribution in [1.29, 1.82) is 0 Å². The Labute approximate surface area is 328 Å². The van der Waals surface area contributed by atoms with Gasteiger partial charge in [-0.25, -0.2) is 4.98 Å². The van der Waals surface area contributed by atoms with E-state index in [9.17, 15) is 9.90 Å². The largest absolute Gasteiger partial charge is 0.512 e. The number of nitrogens with zero attached hydrogens (tertiary/aromatic N) is 3. The minimum Gasteiger partial charge on any atom is -0.512 e. The number of allylic oxidation sites excluding steroid dienone is 2. The Balaban J connectivity index is 0.000000290. The Morgan fingerprint density at radius 3 is 1.91 bits per heavy atom. The van der Waals surface area contributed by atoms with Gasteiger partial charge < -0.3 is 5.11 Å². The molecule has 0 aliphatic heterocycles. The van der Waals surface area contributed by atoms with Crippen molar-refractivity contribution in [1.82, 2.24) is 15.0 Å². The molecule has 0 saturated carbocycles. The maximum absolute atomic E-state index is 11.7. The molecule has 0 bridgehead atoms. The van der Waals surface area contributed by atoms with Crippen LogP contribution in [0.25, 0.3) is 65.0 Å². The van der Waals surface area contributed by atoms with Crippen LogP contribution >= 0.6 is 0 Å². The first-order chi connectivity index (χ1) is 24.6. The molecule has 5 aromatic carbocycles. The summed E-state index contributed by atoms with van der Waals surface area (Å²) in [5, 5.41) is 20.3. The molecule has 7 rings (SSSR count). The van der Waals surface area contributed by atoms with E-state index in [1.165, 1.54) is 44.1 Å². The number of fused-ring (bicyclic) bond motifs is 7. The third-order valence-electron chi connectivity index (χ3n) is 11.0. The van der Waals surface area contributed by atoms with E-state index in [1.54, 1.807) is 6.33 Å². The van der Waals surface area contributed by atoms with Gasteiger partial charge >= 0.3 is 0 Å². The predicted molar refractivity (Wildman–Crippen MR) is 221 cm³/mol. The summed E-state index contributed by atoms with van der Waals surface area (Å²) in [6.45, 7) is 23.8. The van der Waals surface area contributed by atoms with Gasteiger partial charge in [0.1, 0.15) is 6.33 Å². The van der Waals surface area contributed by atoms with E-state index >= 15 is 0 Å². The van der Waals surface area contributed by atoms with Gasteiger partial charge in [0.2, 0.25) is 0 Å². The van der Waals surface area contributed by atoms with Crippen LogP contribution in [-0.2, 0) is 35.7 Å². The predicted octanol–water partition coefficient (Wildman–Crippen LogP) is 12.8. The molecule has 5 nitrogen and oxygen atoms in total. The third kappa shape index (κ3) is 7.55. The first kappa shape index (κ1) is 40.2. The quantitative estimate of drug-likeness (QED) is 0.0567. The topological polar surface area (TPSA) is 76.0 Å². The van der Waals surface area contributed by atoms with Crippen molar-refractivity contribution in [2.24, 2.45) is 11.8 Å². The number of pyridine rings is 1. The van der Waals surface area contributed by atoms with Crippen LogP contribution in [0.5, 0.6) is 0 Å². The molecule has 0 amide bonds. The molecule has 1 radical (unpaired) electrons. The van der Waals surface area contributed by atoms with Crippen molar-refractivity contribution in [2.45, 2.75) is 113 Å². The standard InChI is InChI=1S/C34H30N3.C13H24O2.Ir/c1-18-8-9-19-12-27-24(16-28(19)37-18)26-15-21(34(5,6)7)14-25-23-13-20(33(2,3)4)10-11-22(23)31-30(29(25)26)32(27)36-17-35-31;1-5-10(6-2)12(14)9-13(15)11(7-3)8-4;/h8-11,13-17H,1-7H3;9-11,14H,5-8H2,1-4H3;/q-1;;/b;12-9-;. The van der Waals surface area contributed by atoms with Gasteiger partial charge in [0, 0.05) is 60.0 Å². The normalized spacial score (nSPS) is 12.8. The number of hydrogen-bond acceptors (Lipinski definition) is 5. The zero-order chi connectivity index (χ0) is 37.7. The fourth-order valence-corrected chi connectivity index (χ4v) is 7.61. The van der Waals surface area contributed by atoms with Crippen molar-refractivity contribution < 1.29 is 30.0 Å². The van der Waals surface area contributed by atoms with Crippen LogP contribution in [0.1, 0.15) is 112 Å². The molecule has 0 aliphatic rings. The molecule has 7 aromatic rings. The molecule has 53 heavy (non-hydrogen) atoms. The number of carbonyl (C=O) groups excluding carboxylic acids is 1. The molecule has 0 saturated heterocycles. The average molecular weight is 885 g/mol. The first-order valence-corrected chi connectivity index (χ1v) is 19.1. The molecular weight excluding hydrogens is 831 g/mol. The number of rotatable bonds is 7. The Morgan fingerprint density at radius 1 is 0.717 bits per heavy atom. The van der Waals surface area contributed by atoms with Gasteiger partial charge in [0.05, 0.1) is 11.3 Å². The molecule has 0 fully saturated rings. The smallest absolute Gasteiger partial charge is 0.162 e. The molecule has 2 heterocycles. The molecule has 0 unspecified atom stereocenters. The zero-order valence-corrected chi connectivity index (χ0v) is 35.7. The fraction of sp³-hybridized carbons (Fsp3) is 0.404. The minimum absolute atomic E-state index is 0. The molecule has 1 N–H and O–H groups in total. The Morgan fingerprint density at radius 2 is 1.30 bits per heavy atom. The van der Waals surface area contributed by atoms with E-state index in [1.807, 2.05) is 34.6 Å². The number of ketones is 1. The van der Waals surface area contributed by atoms with E-state index in [0.717, 1.165) is 69.5 Å². The number of benzene rings is 5. The molecule has 6 heteroatoms. The summed E-state index contributed by atoms with van der Waals surface area (Å²) in [6, 6.07) is 21.8. The van der Waals surface area contributed by atoms with Crippen LogP contribution in [0.3, 0.4) is 0 Å². The van der Waals surface area contributed by atoms with Crippen LogP contribution in [0.4, 0.5) is 0 Å². The maximum Gasteiger partial charge on any atom is 0.162 e. The third-order valence-corrected chi connectivity index (χ3v) is 11.0. The molecular formula is C47H54IrN3O2-. The van der Waals surface area contributed by atoms with Gasteiger partial charge in [-0.3, -0.25) is 14.8 Å². The summed E-state index contributed by atoms with van der Waals surface area (Å²) in [7, 11) is 0. The maximum atomic E-state index is 11.7. The fourth-order valence-electron chi connectivity index (χ4n) is 7.61. The van der Waals surface area contributed by atoms with E-state index in [-0.39, 0.29) is 54.3 Å². The summed E-state index contributed by atoms with van der Waals surface area (Å²) < 4.78 is 0. The number of aryl methyl sites for hydroxylation is 1. The van der Waals surface area contributed by atoms with Crippen LogP contribution < -0.4 is 0 Å². The van der Waals surface area contributed by atoms with Crippen LogP contribution in [-0.4, -0.2) is 25.8 Å². The van der Waals surface area contributed by atoms with Crippen LogP contribution in [0.2, 0.25) is 0 Å². The molecule has 0 atom stereocenters. The van der Waals surface area contributed by atoms with Gasteiger partial charge in [0.25, 0.3) is 0 Å². The summed E-state index contributed by atoms with van der Waals surface area (Å²) in [4.78, 5) is 26.3. The number of carbonyl (C=O) groups is 1. The van der Waals surface area contributed by atoms with Gasteiger partial charge in [-0.15, -0.1) is 12.1 Å². The second-order valence-corrected chi connectivity index (χ2v) is 16.6. The Bertz CT molecular complexity index is 2480. The van der Waals surface area contributed by atoms with Gasteiger partial charge in [-0.05, 0) is 87.7 Å². The molecule has 0 aliphatic carbocycles.